The van der Waals surface area contributed by atoms with E-state index in [-0.39, 0.29) is 23.4 Å². The van der Waals surface area contributed by atoms with E-state index < -0.39 is 6.10 Å². The van der Waals surface area contributed by atoms with Crippen molar-refractivity contribution in [1.29, 1.82) is 0 Å². The lowest BCUT2D eigenvalue weighted by Crippen LogP contribution is -2.42. The van der Waals surface area contributed by atoms with E-state index in [0.717, 1.165) is 5.56 Å². The van der Waals surface area contributed by atoms with Gasteiger partial charge in [-0.2, -0.15) is 0 Å². The summed E-state index contributed by atoms with van der Waals surface area (Å²) in [4.78, 5) is 12.2. The molecule has 24 heavy (non-hydrogen) atoms. The SMILES string of the molecule is C[C@H](Cc1ccc(O)c(O)c1)NC(=O)[C@H](C)Oc1cccc(Cl)c1. The molecule has 2 aromatic carbocycles. The largest absolute Gasteiger partial charge is 0.504 e. The summed E-state index contributed by atoms with van der Waals surface area (Å²) in [7, 11) is 0. The summed E-state index contributed by atoms with van der Waals surface area (Å²) >= 11 is 5.89. The third-order valence-corrected chi connectivity index (χ3v) is 3.68. The van der Waals surface area contributed by atoms with Crippen molar-refractivity contribution in [3.8, 4) is 17.2 Å². The van der Waals surface area contributed by atoms with Crippen molar-refractivity contribution in [1.82, 2.24) is 5.32 Å². The fourth-order valence-corrected chi connectivity index (χ4v) is 2.44. The lowest BCUT2D eigenvalue weighted by Gasteiger charge is -2.19. The van der Waals surface area contributed by atoms with Crippen molar-refractivity contribution in [2.75, 3.05) is 0 Å². The van der Waals surface area contributed by atoms with Crippen molar-refractivity contribution in [3.05, 3.63) is 53.1 Å². The van der Waals surface area contributed by atoms with E-state index in [1.54, 1.807) is 37.3 Å². The summed E-state index contributed by atoms with van der Waals surface area (Å²) in [5.74, 6) is -0.0607. The highest BCUT2D eigenvalue weighted by molar-refractivity contribution is 6.30. The Hall–Kier alpha value is -2.40. The molecule has 6 heteroatoms. The molecule has 0 aliphatic carbocycles. The van der Waals surface area contributed by atoms with Gasteiger partial charge in [-0.3, -0.25) is 4.79 Å². The van der Waals surface area contributed by atoms with Gasteiger partial charge in [0.2, 0.25) is 0 Å². The van der Waals surface area contributed by atoms with Gasteiger partial charge in [-0.05, 0) is 56.2 Å². The van der Waals surface area contributed by atoms with Crippen LogP contribution in [0.15, 0.2) is 42.5 Å². The van der Waals surface area contributed by atoms with E-state index in [4.69, 9.17) is 16.3 Å². The minimum atomic E-state index is -0.667. The van der Waals surface area contributed by atoms with Crippen LogP contribution in [0.25, 0.3) is 0 Å². The highest BCUT2D eigenvalue weighted by Gasteiger charge is 2.17. The Morgan fingerprint density at radius 1 is 1.17 bits per heavy atom. The molecule has 0 unspecified atom stereocenters. The highest BCUT2D eigenvalue weighted by Crippen LogP contribution is 2.25. The normalized spacial score (nSPS) is 13.1. The topological polar surface area (TPSA) is 78.8 Å². The van der Waals surface area contributed by atoms with Crippen LogP contribution in [-0.4, -0.2) is 28.3 Å². The number of benzene rings is 2. The van der Waals surface area contributed by atoms with Crippen LogP contribution < -0.4 is 10.1 Å². The van der Waals surface area contributed by atoms with Crippen molar-refractivity contribution < 1.29 is 19.7 Å². The van der Waals surface area contributed by atoms with Gasteiger partial charge in [0.1, 0.15) is 5.75 Å². The van der Waals surface area contributed by atoms with Crippen LogP contribution in [0.1, 0.15) is 19.4 Å². The Kier molecular flexibility index (Phi) is 5.93. The van der Waals surface area contributed by atoms with Crippen LogP contribution in [-0.2, 0) is 11.2 Å². The molecule has 0 saturated heterocycles. The van der Waals surface area contributed by atoms with E-state index in [1.165, 1.54) is 12.1 Å². The van der Waals surface area contributed by atoms with Gasteiger partial charge >= 0.3 is 0 Å². The number of hydrogen-bond acceptors (Lipinski definition) is 4. The average Bonchev–Trinajstić information content (AvgIpc) is 2.50. The Morgan fingerprint density at radius 2 is 1.92 bits per heavy atom. The highest BCUT2D eigenvalue weighted by atomic mass is 35.5. The Morgan fingerprint density at radius 3 is 2.58 bits per heavy atom. The molecular formula is C18H20ClNO4. The van der Waals surface area contributed by atoms with E-state index in [0.29, 0.717) is 17.2 Å². The molecule has 0 heterocycles. The van der Waals surface area contributed by atoms with Crippen molar-refractivity contribution in [2.24, 2.45) is 0 Å². The Bertz CT molecular complexity index is 720. The molecule has 0 aliphatic heterocycles. The van der Waals surface area contributed by atoms with Gasteiger partial charge in [-0.1, -0.05) is 23.7 Å². The van der Waals surface area contributed by atoms with Gasteiger partial charge in [0, 0.05) is 11.1 Å². The number of carbonyl (C=O) groups excluding carboxylic acids is 1. The molecule has 0 aromatic heterocycles. The third kappa shape index (κ3) is 5.06. The lowest BCUT2D eigenvalue weighted by atomic mass is 10.1. The second-order valence-electron chi connectivity index (χ2n) is 5.65. The Balaban J connectivity index is 1.89. The van der Waals surface area contributed by atoms with E-state index in [1.807, 2.05) is 6.92 Å². The molecule has 2 aromatic rings. The lowest BCUT2D eigenvalue weighted by molar-refractivity contribution is -0.127. The molecule has 128 valence electrons. The van der Waals surface area contributed by atoms with Crippen LogP contribution in [0.2, 0.25) is 5.02 Å². The summed E-state index contributed by atoms with van der Waals surface area (Å²) in [5, 5.41) is 22.2. The number of nitrogens with one attached hydrogen (secondary N) is 1. The first-order valence-corrected chi connectivity index (χ1v) is 7.96. The van der Waals surface area contributed by atoms with Crippen LogP contribution >= 0.6 is 11.6 Å². The van der Waals surface area contributed by atoms with Gasteiger partial charge in [0.25, 0.3) is 5.91 Å². The molecule has 0 radical (unpaired) electrons. The van der Waals surface area contributed by atoms with E-state index in [2.05, 4.69) is 5.32 Å². The summed E-state index contributed by atoms with van der Waals surface area (Å²) in [6.45, 7) is 3.52. The standard InChI is InChI=1S/C18H20ClNO4/c1-11(8-13-6-7-16(21)17(22)9-13)20-18(23)12(2)24-15-5-3-4-14(19)10-15/h3-7,9-12,21-22H,8H2,1-2H3,(H,20,23)/t11-,12+/m1/s1. The molecular weight excluding hydrogens is 330 g/mol. The summed E-state index contributed by atoms with van der Waals surface area (Å²) in [5.41, 5.74) is 0.807. The number of phenols is 2. The molecule has 0 spiro atoms. The number of aromatic hydroxyl groups is 2. The summed E-state index contributed by atoms with van der Waals surface area (Å²) in [6, 6.07) is 11.3. The van der Waals surface area contributed by atoms with Gasteiger partial charge in [0.15, 0.2) is 17.6 Å². The van der Waals surface area contributed by atoms with Gasteiger partial charge < -0.3 is 20.3 Å². The van der Waals surface area contributed by atoms with Crippen LogP contribution in [0.5, 0.6) is 17.2 Å². The number of hydrogen-bond donors (Lipinski definition) is 3. The van der Waals surface area contributed by atoms with Gasteiger partial charge in [-0.25, -0.2) is 0 Å². The Labute approximate surface area is 145 Å². The quantitative estimate of drug-likeness (QED) is 0.699. The van der Waals surface area contributed by atoms with Crippen LogP contribution in [0.4, 0.5) is 0 Å². The van der Waals surface area contributed by atoms with Gasteiger partial charge in [-0.15, -0.1) is 0 Å². The van der Waals surface area contributed by atoms with E-state index >= 15 is 0 Å². The fraction of sp³-hybridized carbons (Fsp3) is 0.278. The van der Waals surface area contributed by atoms with Gasteiger partial charge in [0.05, 0.1) is 0 Å². The number of ether oxygens (including phenoxy) is 1. The zero-order chi connectivity index (χ0) is 17.7. The zero-order valence-corrected chi connectivity index (χ0v) is 14.2. The third-order valence-electron chi connectivity index (χ3n) is 3.45. The number of amides is 1. The predicted octanol–water partition coefficient (Wildman–Crippen LogP) is 3.27. The molecule has 0 aliphatic rings. The molecule has 2 atom stereocenters. The molecule has 3 N–H and O–H groups in total. The molecule has 2 rings (SSSR count). The number of phenolic OH excluding ortho intramolecular Hbond substituents is 2. The summed E-state index contributed by atoms with van der Waals surface area (Å²) < 4.78 is 5.57. The molecule has 0 bridgehead atoms. The first-order valence-electron chi connectivity index (χ1n) is 7.58. The maximum Gasteiger partial charge on any atom is 0.260 e. The molecule has 5 nitrogen and oxygen atoms in total. The fourth-order valence-electron chi connectivity index (χ4n) is 2.26. The second-order valence-corrected chi connectivity index (χ2v) is 6.09. The van der Waals surface area contributed by atoms with Crippen LogP contribution in [0.3, 0.4) is 0 Å². The molecule has 1 amide bonds. The number of carbonyl (C=O) groups is 1. The first-order chi connectivity index (χ1) is 11.3. The number of halogens is 1. The van der Waals surface area contributed by atoms with Crippen LogP contribution in [0, 0.1) is 0 Å². The monoisotopic (exact) mass is 349 g/mol. The maximum atomic E-state index is 12.2. The second kappa shape index (κ2) is 7.93. The maximum absolute atomic E-state index is 12.2. The predicted molar refractivity (Wildman–Crippen MR) is 92.6 cm³/mol. The zero-order valence-electron chi connectivity index (χ0n) is 13.5. The van der Waals surface area contributed by atoms with Crippen molar-refractivity contribution in [2.45, 2.75) is 32.4 Å². The molecule has 0 fully saturated rings. The van der Waals surface area contributed by atoms with Crippen molar-refractivity contribution in [3.63, 3.8) is 0 Å². The smallest absolute Gasteiger partial charge is 0.260 e. The minimum Gasteiger partial charge on any atom is -0.504 e. The summed E-state index contributed by atoms with van der Waals surface area (Å²) in [6.07, 6.45) is -0.150. The van der Waals surface area contributed by atoms with E-state index in [9.17, 15) is 15.0 Å². The number of rotatable bonds is 6. The average molecular weight is 350 g/mol. The minimum absolute atomic E-state index is 0.160. The first kappa shape index (κ1) is 17.9. The van der Waals surface area contributed by atoms with Crippen molar-refractivity contribution >= 4 is 17.5 Å². The molecule has 0 saturated carbocycles.